The number of hydrogen-bond donors (Lipinski definition) is 1. The van der Waals surface area contributed by atoms with E-state index in [-0.39, 0.29) is 18.2 Å². The second-order valence-corrected chi connectivity index (χ2v) is 7.13. The number of likely N-dealkylation sites (N-methyl/N-ethyl adjacent to an activating group) is 1. The molecule has 0 saturated heterocycles. The van der Waals surface area contributed by atoms with E-state index in [4.69, 9.17) is 4.74 Å². The molecule has 104 valence electrons. The number of ether oxygens (including phenoxy) is 1. The summed E-state index contributed by atoms with van der Waals surface area (Å²) in [5, 5.41) is 9.66. The largest absolute Gasteiger partial charge is 0.444 e. The van der Waals surface area contributed by atoms with Crippen molar-refractivity contribution >= 4 is 6.09 Å². The first-order valence-corrected chi connectivity index (χ1v) is 6.80. The van der Waals surface area contributed by atoms with Gasteiger partial charge >= 0.3 is 6.09 Å². The van der Waals surface area contributed by atoms with Gasteiger partial charge in [0.1, 0.15) is 5.60 Å². The van der Waals surface area contributed by atoms with E-state index in [1.807, 2.05) is 20.8 Å². The highest BCUT2D eigenvalue weighted by molar-refractivity contribution is 5.69. The molecule has 0 aromatic heterocycles. The van der Waals surface area contributed by atoms with E-state index in [2.05, 4.69) is 0 Å². The van der Waals surface area contributed by atoms with Gasteiger partial charge in [-0.1, -0.05) is 6.42 Å². The van der Waals surface area contributed by atoms with E-state index in [0.29, 0.717) is 5.41 Å². The molecule has 0 aromatic rings. The van der Waals surface area contributed by atoms with Crippen molar-refractivity contribution in [1.82, 2.24) is 4.90 Å². The van der Waals surface area contributed by atoms with Crippen LogP contribution in [0, 0.1) is 5.41 Å². The van der Waals surface area contributed by atoms with Gasteiger partial charge in [0.05, 0.1) is 12.1 Å². The minimum absolute atomic E-state index is 0.0322. The van der Waals surface area contributed by atoms with E-state index in [0.717, 1.165) is 12.8 Å². The Kier molecular flexibility index (Phi) is 3.13. The molecule has 0 atom stereocenters. The third-order valence-electron chi connectivity index (χ3n) is 4.50. The molecule has 0 radical (unpaired) electrons. The average molecular weight is 255 g/mol. The number of rotatable bonds is 2. The molecule has 2 fully saturated rings. The van der Waals surface area contributed by atoms with Crippen molar-refractivity contribution in [2.45, 2.75) is 64.0 Å². The highest BCUT2D eigenvalue weighted by Crippen LogP contribution is 2.61. The third kappa shape index (κ3) is 2.22. The Hall–Kier alpha value is -0.770. The van der Waals surface area contributed by atoms with Crippen molar-refractivity contribution in [2.24, 2.45) is 5.41 Å². The first-order chi connectivity index (χ1) is 8.22. The number of carbonyl (C=O) groups is 1. The van der Waals surface area contributed by atoms with Crippen LogP contribution in [0.25, 0.3) is 0 Å². The van der Waals surface area contributed by atoms with Gasteiger partial charge in [-0.2, -0.15) is 0 Å². The van der Waals surface area contributed by atoms with E-state index in [1.54, 1.807) is 11.9 Å². The number of nitrogens with zero attached hydrogens (tertiary/aromatic N) is 1. The molecule has 2 aliphatic rings. The molecule has 0 unspecified atom stereocenters. The maximum Gasteiger partial charge on any atom is 0.410 e. The van der Waals surface area contributed by atoms with Gasteiger partial charge in [0.15, 0.2) is 0 Å². The molecule has 4 heteroatoms. The van der Waals surface area contributed by atoms with Gasteiger partial charge in [0.25, 0.3) is 0 Å². The minimum atomic E-state index is -0.486. The monoisotopic (exact) mass is 255 g/mol. The Morgan fingerprint density at radius 2 is 1.89 bits per heavy atom. The van der Waals surface area contributed by atoms with E-state index in [9.17, 15) is 9.90 Å². The van der Waals surface area contributed by atoms with Crippen molar-refractivity contribution in [3.8, 4) is 0 Å². The van der Waals surface area contributed by atoms with Gasteiger partial charge in [0.2, 0.25) is 0 Å². The van der Waals surface area contributed by atoms with Crippen molar-refractivity contribution < 1.29 is 14.6 Å². The summed E-state index contributed by atoms with van der Waals surface area (Å²) in [6.07, 6.45) is 5.30. The van der Waals surface area contributed by atoms with Crippen LogP contribution in [-0.2, 0) is 4.74 Å². The zero-order valence-corrected chi connectivity index (χ0v) is 12.0. The van der Waals surface area contributed by atoms with Crippen LogP contribution in [0.1, 0.15) is 52.9 Å². The Bertz CT molecular complexity index is 333. The Morgan fingerprint density at radius 1 is 1.33 bits per heavy atom. The van der Waals surface area contributed by atoms with Crippen LogP contribution in [0.15, 0.2) is 0 Å². The molecule has 1 spiro atoms. The fraction of sp³-hybridized carbons (Fsp3) is 0.929. The molecule has 0 aromatic carbocycles. The average Bonchev–Trinajstić information content (AvgIpc) is 2.11. The van der Waals surface area contributed by atoms with Crippen LogP contribution in [0.3, 0.4) is 0 Å². The van der Waals surface area contributed by atoms with Crippen LogP contribution in [0.5, 0.6) is 0 Å². The minimum Gasteiger partial charge on any atom is -0.444 e. The quantitative estimate of drug-likeness (QED) is 0.825. The summed E-state index contributed by atoms with van der Waals surface area (Å²) in [6.45, 7) is 5.61. The van der Waals surface area contributed by atoms with Crippen LogP contribution in [0.4, 0.5) is 4.79 Å². The second-order valence-electron chi connectivity index (χ2n) is 7.13. The van der Waals surface area contributed by atoms with E-state index in [1.165, 1.54) is 19.3 Å². The molecule has 4 nitrogen and oxygen atoms in total. The molecule has 1 N–H and O–H groups in total. The number of hydrogen-bond acceptors (Lipinski definition) is 3. The third-order valence-corrected chi connectivity index (χ3v) is 4.50. The molecular formula is C14H25NO3. The van der Waals surface area contributed by atoms with E-state index < -0.39 is 5.60 Å². The smallest absolute Gasteiger partial charge is 0.410 e. The number of carbonyl (C=O) groups excluding carboxylic acids is 1. The lowest BCUT2D eigenvalue weighted by Crippen LogP contribution is -2.66. The molecule has 0 heterocycles. The van der Waals surface area contributed by atoms with Crippen LogP contribution < -0.4 is 0 Å². The van der Waals surface area contributed by atoms with Crippen LogP contribution >= 0.6 is 0 Å². The molecule has 0 aliphatic heterocycles. The van der Waals surface area contributed by atoms with Crippen molar-refractivity contribution in [1.29, 1.82) is 0 Å². The molecule has 2 saturated carbocycles. The molecule has 1 amide bonds. The Morgan fingerprint density at radius 3 is 2.22 bits per heavy atom. The standard InChI is InChI=1S/C14H25NO3/c1-12(2,3)18-11(17)15(4)14(10-16)8-13(9-14)6-5-7-13/h16H,5-10H2,1-4H3. The molecule has 2 aliphatic carbocycles. The highest BCUT2D eigenvalue weighted by Gasteiger charge is 2.59. The van der Waals surface area contributed by atoms with Crippen molar-refractivity contribution in [3.63, 3.8) is 0 Å². The molecule has 18 heavy (non-hydrogen) atoms. The lowest BCUT2D eigenvalue weighted by atomic mass is 9.48. The first-order valence-electron chi connectivity index (χ1n) is 6.80. The summed E-state index contributed by atoms with van der Waals surface area (Å²) < 4.78 is 5.38. The number of aliphatic hydroxyl groups is 1. The molecule has 0 bridgehead atoms. The Balaban J connectivity index is 1.98. The summed E-state index contributed by atoms with van der Waals surface area (Å²) in [6, 6.07) is 0. The first kappa shape index (κ1) is 13.7. The maximum atomic E-state index is 12.1. The predicted octanol–water partition coefficient (Wildman–Crippen LogP) is 2.55. The zero-order chi connectivity index (χ0) is 13.6. The van der Waals surface area contributed by atoms with Crippen LogP contribution in [-0.4, -0.2) is 40.9 Å². The van der Waals surface area contributed by atoms with Crippen molar-refractivity contribution in [3.05, 3.63) is 0 Å². The van der Waals surface area contributed by atoms with Gasteiger partial charge in [0, 0.05) is 7.05 Å². The summed E-state index contributed by atoms with van der Waals surface area (Å²) >= 11 is 0. The van der Waals surface area contributed by atoms with Gasteiger partial charge in [-0.25, -0.2) is 4.79 Å². The van der Waals surface area contributed by atoms with Crippen molar-refractivity contribution in [2.75, 3.05) is 13.7 Å². The predicted molar refractivity (Wildman–Crippen MR) is 69.3 cm³/mol. The fourth-order valence-electron chi connectivity index (χ4n) is 3.35. The molecular weight excluding hydrogens is 230 g/mol. The summed E-state index contributed by atoms with van der Waals surface area (Å²) in [7, 11) is 1.75. The molecule has 2 rings (SSSR count). The zero-order valence-electron chi connectivity index (χ0n) is 12.0. The maximum absolute atomic E-state index is 12.1. The lowest BCUT2D eigenvalue weighted by molar-refractivity contribution is -0.134. The Labute approximate surface area is 109 Å². The van der Waals surface area contributed by atoms with Gasteiger partial charge in [-0.05, 0) is 51.9 Å². The highest BCUT2D eigenvalue weighted by atomic mass is 16.6. The SMILES string of the molecule is CN(C(=O)OC(C)(C)C)C1(CO)CC2(CCC2)C1. The van der Waals surface area contributed by atoms with Gasteiger partial charge in [-0.15, -0.1) is 0 Å². The topological polar surface area (TPSA) is 49.8 Å². The lowest BCUT2D eigenvalue weighted by Gasteiger charge is -2.63. The summed E-state index contributed by atoms with van der Waals surface area (Å²) in [4.78, 5) is 13.7. The number of aliphatic hydroxyl groups excluding tert-OH is 1. The summed E-state index contributed by atoms with van der Waals surface area (Å²) in [5.41, 5.74) is -0.457. The summed E-state index contributed by atoms with van der Waals surface area (Å²) in [5.74, 6) is 0. The second kappa shape index (κ2) is 4.12. The van der Waals surface area contributed by atoms with Gasteiger partial charge in [-0.3, -0.25) is 0 Å². The van der Waals surface area contributed by atoms with Gasteiger partial charge < -0.3 is 14.7 Å². The van der Waals surface area contributed by atoms with Crippen LogP contribution in [0.2, 0.25) is 0 Å². The van der Waals surface area contributed by atoms with E-state index >= 15 is 0 Å². The number of amides is 1. The fourth-order valence-corrected chi connectivity index (χ4v) is 3.35. The normalized spacial score (nSPS) is 24.1.